The average Bonchev–Trinajstić information content (AvgIpc) is 3.62. The number of aryl methyl sites for hydroxylation is 1. The van der Waals surface area contributed by atoms with Crippen LogP contribution < -0.4 is 27.6 Å². The molecule has 0 aliphatic heterocycles. The number of esters is 1. The van der Waals surface area contributed by atoms with Crippen LogP contribution in [-0.2, 0) is 28.7 Å². The molecule has 50 heavy (non-hydrogen) atoms. The number of nitrogens with zero attached hydrogens (tertiary/aromatic N) is 7. The Morgan fingerprint density at radius 1 is 1.10 bits per heavy atom. The normalized spacial score (nSPS) is 11.9. The molecule has 16 heteroatoms. The van der Waals surface area contributed by atoms with Crippen LogP contribution in [0.1, 0.15) is 68.6 Å². The number of carbonyl (C=O) groups is 2. The molecule has 3 aromatic heterocycles. The summed E-state index contributed by atoms with van der Waals surface area (Å²) in [5, 5.41) is 18.7. The monoisotopic (exact) mass is 761 g/mol. The molecule has 270 valence electrons. The third-order valence-electron chi connectivity index (χ3n) is 7.66. The number of benzene rings is 1. The Balaban J connectivity index is 0.00000676. The van der Waals surface area contributed by atoms with Gasteiger partial charge in [0.05, 0.1) is 44.2 Å². The van der Waals surface area contributed by atoms with Gasteiger partial charge in [0, 0.05) is 36.4 Å². The third-order valence-corrected chi connectivity index (χ3v) is 7.66. The zero-order valence-electron chi connectivity index (χ0n) is 29.1. The molecule has 2 N–H and O–H groups in total. The van der Waals surface area contributed by atoms with E-state index in [-0.39, 0.29) is 52.3 Å². The van der Waals surface area contributed by atoms with Gasteiger partial charge in [0.25, 0.3) is 5.91 Å². The van der Waals surface area contributed by atoms with E-state index in [1.54, 1.807) is 18.2 Å². The number of likely N-dealkylation sites (N-methyl/N-ethyl adjacent to an activating group) is 1. The quantitative estimate of drug-likeness (QED) is 0.114. The molecule has 0 aliphatic rings. The number of ether oxygens (including phenoxy) is 1. The molecule has 0 aliphatic carbocycles. The minimum absolute atomic E-state index is 0. The molecule has 0 spiro atoms. The molecule has 0 fully saturated rings. The molecular formula is C34H43BrF3N9O3. The summed E-state index contributed by atoms with van der Waals surface area (Å²) in [6.45, 7) is 8.79. The van der Waals surface area contributed by atoms with E-state index < -0.39 is 17.5 Å². The zero-order chi connectivity index (χ0) is 36.0. The van der Waals surface area contributed by atoms with Crippen LogP contribution in [0.5, 0.6) is 0 Å². The van der Waals surface area contributed by atoms with Gasteiger partial charge in [0.15, 0.2) is 23.7 Å². The molecule has 4 rings (SSSR count). The van der Waals surface area contributed by atoms with Crippen molar-refractivity contribution in [2.75, 3.05) is 39.0 Å². The number of nitriles is 1. The average molecular weight is 763 g/mol. The Bertz CT molecular complexity index is 1840. The number of aromatic nitrogens is 5. The van der Waals surface area contributed by atoms with E-state index in [4.69, 9.17) is 10.00 Å². The second-order valence-corrected chi connectivity index (χ2v) is 13.4. The van der Waals surface area contributed by atoms with Crippen LogP contribution in [0.25, 0.3) is 16.9 Å². The number of quaternary nitrogens is 1. The van der Waals surface area contributed by atoms with Crippen molar-refractivity contribution < 1.29 is 49.0 Å². The molecule has 12 nitrogen and oxygen atoms in total. The van der Waals surface area contributed by atoms with Crippen molar-refractivity contribution in [3.63, 3.8) is 0 Å². The molecule has 0 bridgehead atoms. The summed E-state index contributed by atoms with van der Waals surface area (Å²) in [5.74, 6) is -0.0960. The van der Waals surface area contributed by atoms with Gasteiger partial charge in [-0.1, -0.05) is 6.92 Å². The SMILES string of the molecule is CCc1cc(Nc2nccn3c(-c4cn(CC#N)nc4C(F)(F)F)cnc23)ccc1C(=O)NCCCCC[N+](C)(C)CC(=O)OC(C)(C)C.[Br-]. The van der Waals surface area contributed by atoms with Crippen molar-refractivity contribution in [3.8, 4) is 17.3 Å². The summed E-state index contributed by atoms with van der Waals surface area (Å²) in [5.41, 5.74) is 0.568. The number of rotatable bonds is 14. The van der Waals surface area contributed by atoms with Crippen LogP contribution >= 0.6 is 0 Å². The fourth-order valence-corrected chi connectivity index (χ4v) is 5.44. The number of fused-ring (bicyclic) bond motifs is 1. The van der Waals surface area contributed by atoms with Crippen LogP contribution in [0.2, 0.25) is 0 Å². The maximum Gasteiger partial charge on any atom is 0.435 e. The predicted octanol–water partition coefficient (Wildman–Crippen LogP) is 2.76. The number of unbranched alkanes of at least 4 members (excludes halogenated alkanes) is 2. The largest absolute Gasteiger partial charge is 1.00 e. The first kappa shape index (κ1) is 39.9. The fourth-order valence-electron chi connectivity index (χ4n) is 5.44. The van der Waals surface area contributed by atoms with Crippen LogP contribution in [0.4, 0.5) is 24.7 Å². The molecule has 0 unspecified atom stereocenters. The number of hydrogen-bond donors (Lipinski definition) is 2. The first-order valence-corrected chi connectivity index (χ1v) is 16.1. The summed E-state index contributed by atoms with van der Waals surface area (Å²) in [6.07, 6.45) is 3.87. The number of imidazole rings is 1. The lowest BCUT2D eigenvalue weighted by molar-refractivity contribution is -0.883. The molecule has 4 aromatic rings. The van der Waals surface area contributed by atoms with E-state index in [0.29, 0.717) is 41.1 Å². The third kappa shape index (κ3) is 10.5. The van der Waals surface area contributed by atoms with Gasteiger partial charge < -0.3 is 36.8 Å². The standard InChI is InChI=1S/C34H42F3N9O3.BrH/c1-7-23-19-24(11-12-25(23)32(48)40-14-9-8-10-18-46(5,6)22-28(47)49-33(2,3)4)42-30-31-41-20-27(45(31)17-15-39-30)26-21-44(16-13-38)43-29(26)34(35,36)37;/h11-12,15,17,19-21H,7-10,14,16,18,22H2,1-6H3,(H-,39,40,42,48);1H. The Kier molecular flexibility index (Phi) is 13.2. The summed E-state index contributed by atoms with van der Waals surface area (Å²) in [4.78, 5) is 33.9. The number of hydrogen-bond acceptors (Lipinski definition) is 8. The van der Waals surface area contributed by atoms with Gasteiger partial charge in [0.1, 0.15) is 12.1 Å². The van der Waals surface area contributed by atoms with Gasteiger partial charge in [-0.25, -0.2) is 14.8 Å². The van der Waals surface area contributed by atoms with Crippen molar-refractivity contribution in [1.29, 1.82) is 5.26 Å². The number of anilines is 2. The van der Waals surface area contributed by atoms with E-state index >= 15 is 0 Å². The van der Waals surface area contributed by atoms with E-state index in [2.05, 4.69) is 25.7 Å². The minimum Gasteiger partial charge on any atom is -1.00 e. The predicted molar refractivity (Wildman–Crippen MR) is 178 cm³/mol. The maximum absolute atomic E-state index is 13.8. The molecule has 1 amide bonds. The summed E-state index contributed by atoms with van der Waals surface area (Å²) < 4.78 is 49.8. The van der Waals surface area contributed by atoms with Crippen molar-refractivity contribution in [2.45, 2.75) is 71.7 Å². The number of halogens is 4. The van der Waals surface area contributed by atoms with Crippen LogP contribution in [0.3, 0.4) is 0 Å². The number of carbonyl (C=O) groups excluding carboxylic acids is 2. The lowest BCUT2D eigenvalue weighted by Gasteiger charge is -2.30. The smallest absolute Gasteiger partial charge is 0.435 e. The van der Waals surface area contributed by atoms with Crippen molar-refractivity contribution >= 4 is 29.0 Å². The highest BCUT2D eigenvalue weighted by Crippen LogP contribution is 2.37. The second kappa shape index (κ2) is 16.5. The summed E-state index contributed by atoms with van der Waals surface area (Å²) >= 11 is 0. The molecule has 0 saturated heterocycles. The molecule has 1 aromatic carbocycles. The van der Waals surface area contributed by atoms with Crippen LogP contribution in [0.15, 0.2) is 43.0 Å². The number of alkyl halides is 3. The highest BCUT2D eigenvalue weighted by atomic mass is 79.9. The Morgan fingerprint density at radius 3 is 2.50 bits per heavy atom. The van der Waals surface area contributed by atoms with E-state index in [9.17, 15) is 22.8 Å². The number of amides is 1. The highest BCUT2D eigenvalue weighted by Gasteiger charge is 2.38. The second-order valence-electron chi connectivity index (χ2n) is 13.4. The van der Waals surface area contributed by atoms with Crippen molar-refractivity contribution in [1.82, 2.24) is 29.5 Å². The van der Waals surface area contributed by atoms with Crippen LogP contribution in [-0.4, -0.2) is 79.8 Å². The Labute approximate surface area is 300 Å². The molecule has 3 heterocycles. The molecule has 0 atom stereocenters. The van der Waals surface area contributed by atoms with Crippen molar-refractivity contribution in [2.24, 2.45) is 0 Å². The van der Waals surface area contributed by atoms with Gasteiger partial charge in [-0.3, -0.25) is 13.9 Å². The summed E-state index contributed by atoms with van der Waals surface area (Å²) in [7, 11) is 4.00. The van der Waals surface area contributed by atoms with E-state index in [0.717, 1.165) is 36.1 Å². The molecular weight excluding hydrogens is 719 g/mol. The Hall–Kier alpha value is -4.49. The first-order valence-electron chi connectivity index (χ1n) is 16.1. The zero-order valence-corrected chi connectivity index (χ0v) is 30.7. The fraction of sp³-hybridized carbons (Fsp3) is 0.471. The lowest BCUT2D eigenvalue weighted by Crippen LogP contribution is -3.00. The summed E-state index contributed by atoms with van der Waals surface area (Å²) in [6, 6.07) is 7.10. The van der Waals surface area contributed by atoms with Gasteiger partial charge >= 0.3 is 12.1 Å². The highest BCUT2D eigenvalue weighted by molar-refractivity contribution is 5.96. The Morgan fingerprint density at radius 2 is 1.84 bits per heavy atom. The first-order chi connectivity index (χ1) is 23.0. The maximum atomic E-state index is 13.8. The van der Waals surface area contributed by atoms with Gasteiger partial charge in [-0.05, 0) is 70.2 Å². The van der Waals surface area contributed by atoms with Crippen LogP contribution in [0, 0.1) is 11.3 Å². The van der Waals surface area contributed by atoms with E-state index in [1.165, 1.54) is 29.2 Å². The van der Waals surface area contributed by atoms with Gasteiger partial charge in [-0.15, -0.1) is 0 Å². The van der Waals surface area contributed by atoms with Gasteiger partial charge in [0.2, 0.25) is 0 Å². The van der Waals surface area contributed by atoms with Gasteiger partial charge in [-0.2, -0.15) is 23.5 Å². The molecule has 0 saturated carbocycles. The minimum atomic E-state index is -4.74. The lowest BCUT2D eigenvalue weighted by atomic mass is 10.0. The number of nitrogens with one attached hydrogen (secondary N) is 2. The van der Waals surface area contributed by atoms with E-state index in [1.807, 2.05) is 47.9 Å². The van der Waals surface area contributed by atoms with Crippen molar-refractivity contribution in [3.05, 3.63) is 59.8 Å². The molecule has 0 radical (unpaired) electrons. The topological polar surface area (TPSA) is 139 Å².